The summed E-state index contributed by atoms with van der Waals surface area (Å²) in [4.78, 5) is 26.3. The van der Waals surface area contributed by atoms with Crippen molar-refractivity contribution >= 4 is 28.3 Å². The van der Waals surface area contributed by atoms with E-state index < -0.39 is 24.3 Å². The summed E-state index contributed by atoms with van der Waals surface area (Å²) in [5.74, 6) is -1.73. The van der Waals surface area contributed by atoms with Crippen molar-refractivity contribution in [1.82, 2.24) is 0 Å². The van der Waals surface area contributed by atoms with Gasteiger partial charge in [0, 0.05) is 16.3 Å². The topological polar surface area (TPSA) is 65.1 Å². The number of halogens is 3. The van der Waals surface area contributed by atoms with Crippen LogP contribution in [0.2, 0.25) is 0 Å². The van der Waals surface area contributed by atoms with E-state index in [4.69, 9.17) is 14.2 Å². The first kappa shape index (κ1) is 23.4. The van der Waals surface area contributed by atoms with Crippen molar-refractivity contribution in [3.8, 4) is 11.5 Å². The first-order chi connectivity index (χ1) is 16.3. The Kier molecular flexibility index (Phi) is 6.63. The Morgan fingerprint density at radius 3 is 2.38 bits per heavy atom. The number of alkyl halides is 2. The van der Waals surface area contributed by atoms with E-state index in [0.717, 1.165) is 11.0 Å². The van der Waals surface area contributed by atoms with E-state index in [1.54, 1.807) is 38.1 Å². The van der Waals surface area contributed by atoms with Crippen molar-refractivity contribution in [1.29, 1.82) is 0 Å². The van der Waals surface area contributed by atoms with Gasteiger partial charge in [-0.25, -0.2) is 4.39 Å². The smallest absolute Gasteiger partial charge is 0.387 e. The predicted octanol–water partition coefficient (Wildman–Crippen LogP) is 5.25. The molecule has 0 bridgehead atoms. The van der Waals surface area contributed by atoms with E-state index in [0.29, 0.717) is 16.3 Å². The number of hydrogen-bond acceptors (Lipinski definition) is 5. The molecule has 1 aliphatic rings. The second-order valence-corrected chi connectivity index (χ2v) is 7.53. The molecule has 0 unspecified atom stereocenters. The Labute approximate surface area is 193 Å². The highest BCUT2D eigenvalue weighted by Crippen LogP contribution is 2.46. The maximum absolute atomic E-state index is 15.0. The van der Waals surface area contributed by atoms with E-state index in [1.165, 1.54) is 12.1 Å². The first-order valence-electron chi connectivity index (χ1n) is 10.8. The van der Waals surface area contributed by atoms with Crippen molar-refractivity contribution in [3.63, 3.8) is 0 Å². The van der Waals surface area contributed by atoms with Gasteiger partial charge < -0.3 is 19.1 Å². The molecular weight excluding hydrogens is 451 g/mol. The van der Waals surface area contributed by atoms with Crippen LogP contribution in [0.25, 0.3) is 10.8 Å². The molecule has 178 valence electrons. The number of anilines is 1. The molecule has 0 saturated heterocycles. The van der Waals surface area contributed by atoms with Crippen LogP contribution in [0.3, 0.4) is 0 Å². The fourth-order valence-corrected chi connectivity index (χ4v) is 4.14. The summed E-state index contributed by atoms with van der Waals surface area (Å²) >= 11 is 0. The van der Waals surface area contributed by atoms with Crippen LogP contribution in [0.5, 0.6) is 11.5 Å². The van der Waals surface area contributed by atoms with Crippen LogP contribution in [0.1, 0.15) is 35.3 Å². The number of esters is 1. The van der Waals surface area contributed by atoms with Crippen LogP contribution in [0.15, 0.2) is 42.5 Å². The standard InChI is InChI=1S/C25H22F3NO5/c1-3-32-20(30)12-14-9-10-19(18(26)11-14)29-13-17-21(24(29)31)23(33-4-2)16-8-6-5-7-15(16)22(17)34-25(27)28/h5-11,25H,3-4,12-13H2,1-2H3. The van der Waals surface area contributed by atoms with Gasteiger partial charge in [-0.3, -0.25) is 9.59 Å². The molecule has 0 aliphatic carbocycles. The lowest BCUT2D eigenvalue weighted by Gasteiger charge is -2.17. The number of nitrogens with zero attached hydrogens (tertiary/aromatic N) is 1. The zero-order valence-electron chi connectivity index (χ0n) is 18.6. The van der Waals surface area contributed by atoms with E-state index in [2.05, 4.69) is 0 Å². The number of amides is 1. The molecule has 1 amide bonds. The van der Waals surface area contributed by atoms with Crippen LogP contribution in [-0.2, 0) is 22.5 Å². The van der Waals surface area contributed by atoms with E-state index in [-0.39, 0.29) is 54.5 Å². The number of ether oxygens (including phenoxy) is 3. The SMILES string of the molecule is CCOC(=O)Cc1ccc(N2Cc3c(c(OCC)c4ccccc4c3OC(F)F)C2=O)c(F)c1. The summed E-state index contributed by atoms with van der Waals surface area (Å²) in [5, 5.41) is 0.809. The zero-order chi connectivity index (χ0) is 24.4. The van der Waals surface area contributed by atoms with Gasteiger partial charge in [-0.1, -0.05) is 30.3 Å². The molecule has 34 heavy (non-hydrogen) atoms. The van der Waals surface area contributed by atoms with Crippen molar-refractivity contribution in [2.24, 2.45) is 0 Å². The van der Waals surface area contributed by atoms with E-state index in [9.17, 15) is 18.4 Å². The number of benzene rings is 3. The van der Waals surface area contributed by atoms with Gasteiger partial charge in [0.25, 0.3) is 5.91 Å². The highest BCUT2D eigenvalue weighted by atomic mass is 19.3. The van der Waals surface area contributed by atoms with Gasteiger partial charge in [-0.05, 0) is 31.5 Å². The second-order valence-electron chi connectivity index (χ2n) is 7.53. The average Bonchev–Trinajstić information content (AvgIpc) is 3.13. The number of carbonyl (C=O) groups is 2. The molecule has 0 N–H and O–H groups in total. The summed E-state index contributed by atoms with van der Waals surface area (Å²) in [7, 11) is 0. The maximum Gasteiger partial charge on any atom is 0.387 e. The third-order valence-corrected chi connectivity index (χ3v) is 5.45. The van der Waals surface area contributed by atoms with E-state index >= 15 is 4.39 Å². The third kappa shape index (κ3) is 4.25. The summed E-state index contributed by atoms with van der Waals surface area (Å²) in [6.07, 6.45) is -0.120. The monoisotopic (exact) mass is 473 g/mol. The highest BCUT2D eigenvalue weighted by molar-refractivity contribution is 6.17. The largest absolute Gasteiger partial charge is 0.492 e. The first-order valence-corrected chi connectivity index (χ1v) is 10.8. The van der Waals surface area contributed by atoms with Gasteiger partial charge in [-0.2, -0.15) is 8.78 Å². The Balaban J connectivity index is 1.80. The second kappa shape index (κ2) is 9.62. The van der Waals surface area contributed by atoms with E-state index in [1.807, 2.05) is 0 Å². The summed E-state index contributed by atoms with van der Waals surface area (Å²) in [6, 6.07) is 10.7. The van der Waals surface area contributed by atoms with Gasteiger partial charge in [-0.15, -0.1) is 0 Å². The van der Waals surface area contributed by atoms with Gasteiger partial charge in [0.05, 0.1) is 37.4 Å². The summed E-state index contributed by atoms with van der Waals surface area (Å²) < 4.78 is 57.1. The fraction of sp³-hybridized carbons (Fsp3) is 0.280. The molecular formula is C25H22F3NO5. The lowest BCUT2D eigenvalue weighted by Crippen LogP contribution is -2.24. The van der Waals surface area contributed by atoms with Crippen molar-refractivity contribution in [3.05, 3.63) is 65.0 Å². The van der Waals surface area contributed by atoms with Crippen LogP contribution in [0.4, 0.5) is 18.9 Å². The molecule has 0 spiro atoms. The van der Waals surface area contributed by atoms with Gasteiger partial charge in [0.2, 0.25) is 0 Å². The van der Waals surface area contributed by atoms with Crippen LogP contribution >= 0.6 is 0 Å². The Morgan fingerprint density at radius 1 is 1.06 bits per heavy atom. The minimum absolute atomic E-state index is 0.0525. The number of fused-ring (bicyclic) bond motifs is 2. The molecule has 3 aromatic carbocycles. The van der Waals surface area contributed by atoms with Gasteiger partial charge >= 0.3 is 12.6 Å². The van der Waals surface area contributed by atoms with Crippen molar-refractivity contribution in [2.75, 3.05) is 18.1 Å². The zero-order valence-corrected chi connectivity index (χ0v) is 18.6. The summed E-state index contributed by atoms with van der Waals surface area (Å²) in [6.45, 7) is 0.548. The quantitative estimate of drug-likeness (QED) is 0.419. The molecule has 0 atom stereocenters. The molecule has 0 aromatic heterocycles. The van der Waals surface area contributed by atoms with Crippen molar-refractivity contribution in [2.45, 2.75) is 33.4 Å². The molecule has 0 fully saturated rings. The molecule has 6 nitrogen and oxygen atoms in total. The molecule has 1 heterocycles. The normalized spacial score (nSPS) is 12.9. The molecule has 1 aliphatic heterocycles. The number of hydrogen-bond donors (Lipinski definition) is 0. The Morgan fingerprint density at radius 2 is 1.76 bits per heavy atom. The predicted molar refractivity (Wildman–Crippen MR) is 119 cm³/mol. The third-order valence-electron chi connectivity index (χ3n) is 5.45. The van der Waals surface area contributed by atoms with Crippen LogP contribution < -0.4 is 14.4 Å². The molecule has 4 rings (SSSR count). The Bertz CT molecular complexity index is 1260. The molecule has 3 aromatic rings. The fourth-order valence-electron chi connectivity index (χ4n) is 4.14. The average molecular weight is 473 g/mol. The minimum atomic E-state index is -3.12. The number of carbonyl (C=O) groups excluding carboxylic acids is 2. The van der Waals surface area contributed by atoms with Crippen molar-refractivity contribution < 1.29 is 37.0 Å². The Hall–Kier alpha value is -3.75. The maximum atomic E-state index is 15.0. The van der Waals surface area contributed by atoms with Crippen LogP contribution in [0, 0.1) is 5.82 Å². The molecule has 0 saturated carbocycles. The minimum Gasteiger partial charge on any atom is -0.492 e. The molecule has 9 heteroatoms. The number of rotatable bonds is 8. The van der Waals surface area contributed by atoms with Crippen LogP contribution in [-0.4, -0.2) is 31.7 Å². The highest BCUT2D eigenvalue weighted by Gasteiger charge is 2.38. The molecule has 0 radical (unpaired) electrons. The van der Waals surface area contributed by atoms with Gasteiger partial charge in [0.15, 0.2) is 0 Å². The lowest BCUT2D eigenvalue weighted by molar-refractivity contribution is -0.142. The van der Waals surface area contributed by atoms with Gasteiger partial charge in [0.1, 0.15) is 17.3 Å². The lowest BCUT2D eigenvalue weighted by atomic mass is 9.99. The summed E-state index contributed by atoms with van der Waals surface area (Å²) in [5.41, 5.74) is 0.586.